The fraction of sp³-hybridized carbons (Fsp3) is 0.536. The number of hydrogen-bond donors (Lipinski definition) is 2. The minimum atomic E-state index is 0.0626. The molecule has 2 aliphatic heterocycles. The van der Waals surface area contributed by atoms with Crippen molar-refractivity contribution in [2.24, 2.45) is 11.1 Å². The predicted octanol–water partition coefficient (Wildman–Crippen LogP) is 5.12. The van der Waals surface area contributed by atoms with Crippen LogP contribution in [0.5, 0.6) is 5.75 Å². The molecule has 0 radical (unpaired) electrons. The molecule has 5 fully saturated rings. The van der Waals surface area contributed by atoms with Crippen molar-refractivity contribution >= 4 is 17.2 Å². The molecule has 2 aromatic carbocycles. The highest BCUT2D eigenvalue weighted by Crippen LogP contribution is 2.62. The molecule has 4 nitrogen and oxygen atoms in total. The van der Waals surface area contributed by atoms with Gasteiger partial charge in [-0.2, -0.15) is 0 Å². The standard InChI is InChI=1S/C28H35N3OS/c29-21-11-13-22(14-12-21)30-26(33)28-17-23-15-27(19-28,20-7-3-1-4-8-20)16-24(18-28)31(23)32-25-9-5-2-6-10-25/h1-10,21-24H,11-19,29H2,(H,30,33). The lowest BCUT2D eigenvalue weighted by atomic mass is 9.47. The van der Waals surface area contributed by atoms with Crippen LogP contribution in [0.3, 0.4) is 0 Å². The lowest BCUT2D eigenvalue weighted by Crippen LogP contribution is -2.70. The first-order valence-corrected chi connectivity index (χ1v) is 13.1. The number of nitrogens with one attached hydrogen (secondary N) is 1. The van der Waals surface area contributed by atoms with Gasteiger partial charge in [-0.25, -0.2) is 0 Å². The summed E-state index contributed by atoms with van der Waals surface area (Å²) in [5.41, 5.74) is 7.88. The number of para-hydroxylation sites is 1. The van der Waals surface area contributed by atoms with Crippen molar-refractivity contribution in [2.75, 3.05) is 0 Å². The summed E-state index contributed by atoms with van der Waals surface area (Å²) in [5, 5.41) is 6.18. The molecule has 33 heavy (non-hydrogen) atoms. The maximum absolute atomic E-state index is 6.51. The maximum atomic E-state index is 6.51. The van der Waals surface area contributed by atoms with E-state index in [1.165, 1.54) is 5.56 Å². The quantitative estimate of drug-likeness (QED) is 0.605. The third-order valence-corrected chi connectivity index (χ3v) is 9.38. The Morgan fingerprint density at radius 3 is 2.12 bits per heavy atom. The fourth-order valence-electron chi connectivity index (χ4n) is 7.46. The molecule has 3 aliphatic carbocycles. The van der Waals surface area contributed by atoms with E-state index in [0.717, 1.165) is 68.5 Å². The van der Waals surface area contributed by atoms with Gasteiger partial charge in [-0.1, -0.05) is 60.7 Å². The molecule has 2 atom stereocenters. The summed E-state index contributed by atoms with van der Waals surface area (Å²) in [5.74, 6) is 0.937. The molecule has 2 saturated heterocycles. The van der Waals surface area contributed by atoms with Crippen molar-refractivity contribution < 1.29 is 4.84 Å². The van der Waals surface area contributed by atoms with Crippen molar-refractivity contribution in [3.8, 4) is 5.75 Å². The van der Waals surface area contributed by atoms with E-state index in [4.69, 9.17) is 22.8 Å². The van der Waals surface area contributed by atoms with Crippen LogP contribution in [0.15, 0.2) is 60.7 Å². The van der Waals surface area contributed by atoms with Crippen LogP contribution in [-0.2, 0) is 5.41 Å². The van der Waals surface area contributed by atoms with Crippen molar-refractivity contribution in [2.45, 2.75) is 87.4 Å². The van der Waals surface area contributed by atoms with Crippen molar-refractivity contribution in [1.29, 1.82) is 0 Å². The summed E-state index contributed by atoms with van der Waals surface area (Å²) in [6.45, 7) is 0. The van der Waals surface area contributed by atoms with Crippen LogP contribution in [0.25, 0.3) is 0 Å². The zero-order valence-electron chi connectivity index (χ0n) is 19.3. The first kappa shape index (κ1) is 21.6. The molecule has 3 saturated carbocycles. The van der Waals surface area contributed by atoms with Gasteiger partial charge in [-0.15, -0.1) is 5.06 Å². The van der Waals surface area contributed by atoms with Crippen molar-refractivity contribution in [3.05, 3.63) is 66.2 Å². The molecule has 0 amide bonds. The van der Waals surface area contributed by atoms with Crippen molar-refractivity contribution in [1.82, 2.24) is 10.4 Å². The van der Waals surface area contributed by atoms with E-state index in [1.807, 2.05) is 6.07 Å². The summed E-state index contributed by atoms with van der Waals surface area (Å²) >= 11 is 6.22. The molecule has 2 aromatic rings. The van der Waals surface area contributed by atoms with Crippen LogP contribution in [0.1, 0.15) is 63.4 Å². The van der Waals surface area contributed by atoms with Crippen LogP contribution < -0.4 is 15.9 Å². The lowest BCUT2D eigenvalue weighted by molar-refractivity contribution is -0.224. The Kier molecular flexibility index (Phi) is 5.47. The maximum Gasteiger partial charge on any atom is 0.147 e. The molecule has 2 heterocycles. The summed E-state index contributed by atoms with van der Waals surface area (Å²) in [7, 11) is 0. The van der Waals surface area contributed by atoms with Gasteiger partial charge >= 0.3 is 0 Å². The fourth-order valence-corrected chi connectivity index (χ4v) is 7.86. The highest BCUT2D eigenvalue weighted by Gasteiger charge is 2.63. The third-order valence-electron chi connectivity index (χ3n) is 8.83. The largest absolute Gasteiger partial charge is 0.405 e. The Bertz CT molecular complexity index is 973. The second-order valence-electron chi connectivity index (χ2n) is 11.1. The molecule has 0 spiro atoms. The number of nitrogens with zero attached hydrogens (tertiary/aromatic N) is 1. The smallest absolute Gasteiger partial charge is 0.147 e. The zero-order valence-corrected chi connectivity index (χ0v) is 20.1. The van der Waals surface area contributed by atoms with E-state index in [-0.39, 0.29) is 10.8 Å². The van der Waals surface area contributed by atoms with Gasteiger partial charge in [0.25, 0.3) is 0 Å². The Labute approximate surface area is 202 Å². The van der Waals surface area contributed by atoms with Gasteiger partial charge in [-0.05, 0) is 80.9 Å². The minimum Gasteiger partial charge on any atom is -0.405 e. The average Bonchev–Trinajstić information content (AvgIpc) is 2.84. The Morgan fingerprint density at radius 1 is 0.879 bits per heavy atom. The van der Waals surface area contributed by atoms with Gasteiger partial charge < -0.3 is 15.9 Å². The van der Waals surface area contributed by atoms with Gasteiger partial charge in [0.15, 0.2) is 0 Å². The number of hydroxylamine groups is 2. The predicted molar refractivity (Wildman–Crippen MR) is 136 cm³/mol. The number of rotatable bonds is 5. The number of nitrogens with two attached hydrogens (primary N) is 1. The summed E-state index contributed by atoms with van der Waals surface area (Å²) in [6.07, 6.45) is 10.1. The molecule has 174 valence electrons. The first-order valence-electron chi connectivity index (χ1n) is 12.7. The van der Waals surface area contributed by atoms with Gasteiger partial charge in [0.2, 0.25) is 0 Å². The van der Waals surface area contributed by atoms with Crippen LogP contribution in [-0.4, -0.2) is 34.2 Å². The molecule has 4 bridgehead atoms. The lowest BCUT2D eigenvalue weighted by Gasteiger charge is -2.65. The number of piperidine rings is 2. The van der Waals surface area contributed by atoms with Crippen LogP contribution in [0.4, 0.5) is 0 Å². The first-order chi connectivity index (χ1) is 16.1. The van der Waals surface area contributed by atoms with Gasteiger partial charge in [0.1, 0.15) is 5.75 Å². The zero-order chi connectivity index (χ0) is 22.5. The van der Waals surface area contributed by atoms with E-state index in [9.17, 15) is 0 Å². The van der Waals surface area contributed by atoms with E-state index in [0.29, 0.717) is 24.2 Å². The van der Waals surface area contributed by atoms with Gasteiger partial charge in [0, 0.05) is 29.6 Å². The van der Waals surface area contributed by atoms with Gasteiger partial charge in [0.05, 0.1) is 4.99 Å². The molecule has 0 aromatic heterocycles. The van der Waals surface area contributed by atoms with Gasteiger partial charge in [-0.3, -0.25) is 0 Å². The Balaban J connectivity index is 1.29. The molecular weight excluding hydrogens is 426 g/mol. The highest BCUT2D eigenvalue weighted by molar-refractivity contribution is 7.80. The molecule has 3 N–H and O–H groups in total. The van der Waals surface area contributed by atoms with E-state index in [2.05, 4.69) is 65.0 Å². The molecule has 5 aliphatic rings. The molecule has 5 heteroatoms. The van der Waals surface area contributed by atoms with E-state index >= 15 is 0 Å². The Hall–Kier alpha value is -1.95. The number of benzene rings is 2. The second kappa shape index (κ2) is 8.37. The Morgan fingerprint density at radius 2 is 1.48 bits per heavy atom. The SMILES string of the molecule is NC1CCC(NC(=S)C23CC4CC(c5ccccc5)(CC(C2)N4Oc2ccccc2)C3)CC1. The second-order valence-corrected chi connectivity index (χ2v) is 11.5. The van der Waals surface area contributed by atoms with E-state index < -0.39 is 0 Å². The molecule has 7 rings (SSSR count). The number of thiocarbonyl (C=S) groups is 1. The van der Waals surface area contributed by atoms with Crippen LogP contribution in [0, 0.1) is 5.41 Å². The summed E-state index contributed by atoms with van der Waals surface area (Å²) in [4.78, 5) is 7.62. The monoisotopic (exact) mass is 461 g/mol. The van der Waals surface area contributed by atoms with Crippen molar-refractivity contribution in [3.63, 3.8) is 0 Å². The highest BCUT2D eigenvalue weighted by atomic mass is 32.1. The molecule has 2 unspecified atom stereocenters. The summed E-state index contributed by atoms with van der Waals surface area (Å²) < 4.78 is 0. The van der Waals surface area contributed by atoms with Crippen LogP contribution in [0.2, 0.25) is 0 Å². The topological polar surface area (TPSA) is 50.5 Å². The van der Waals surface area contributed by atoms with E-state index in [1.54, 1.807) is 0 Å². The molecular formula is C28H35N3OS. The minimum absolute atomic E-state index is 0.0626. The van der Waals surface area contributed by atoms with Crippen LogP contribution >= 0.6 is 12.2 Å². The number of hydrogen-bond acceptors (Lipinski definition) is 4. The summed E-state index contributed by atoms with van der Waals surface area (Å²) in [6, 6.07) is 23.1. The third kappa shape index (κ3) is 3.88. The normalized spacial score (nSPS) is 37.6. The average molecular weight is 462 g/mol.